The van der Waals surface area contributed by atoms with Crippen molar-refractivity contribution in [1.82, 2.24) is 15.0 Å². The minimum atomic E-state index is 0.331. The first-order valence-corrected chi connectivity index (χ1v) is 11.3. The number of morpholine rings is 1. The predicted molar refractivity (Wildman–Crippen MR) is 132 cm³/mol. The highest BCUT2D eigenvalue weighted by Crippen LogP contribution is 2.34. The Balaban J connectivity index is 1.40. The molecule has 1 aliphatic rings. The van der Waals surface area contributed by atoms with Crippen LogP contribution in [0.4, 0.5) is 17.2 Å². The van der Waals surface area contributed by atoms with Gasteiger partial charge in [0.05, 0.1) is 43.4 Å². The molecule has 0 saturated carbocycles. The second-order valence-corrected chi connectivity index (χ2v) is 7.90. The Kier molecular flexibility index (Phi) is 6.55. The molecule has 1 saturated heterocycles. The Morgan fingerprint density at radius 2 is 1.97 bits per heavy atom. The SMILES string of the molecule is COc1cc(Nc2ccc3ncc(N4CCOCC4)nc3c2C#N)ccc1OCc1ccccn1. The summed E-state index contributed by atoms with van der Waals surface area (Å²) >= 11 is 0. The van der Waals surface area contributed by atoms with Crippen molar-refractivity contribution in [3.05, 3.63) is 72.2 Å². The van der Waals surface area contributed by atoms with Gasteiger partial charge in [0, 0.05) is 31.0 Å². The van der Waals surface area contributed by atoms with E-state index in [-0.39, 0.29) is 0 Å². The van der Waals surface area contributed by atoms with E-state index < -0.39 is 0 Å². The van der Waals surface area contributed by atoms with Gasteiger partial charge in [-0.2, -0.15) is 5.26 Å². The molecule has 4 aromatic rings. The van der Waals surface area contributed by atoms with Gasteiger partial charge in [-0.1, -0.05) is 6.07 Å². The zero-order chi connectivity index (χ0) is 24.0. The number of ether oxygens (including phenoxy) is 3. The van der Waals surface area contributed by atoms with Gasteiger partial charge < -0.3 is 24.4 Å². The van der Waals surface area contributed by atoms with Gasteiger partial charge in [-0.3, -0.25) is 9.97 Å². The van der Waals surface area contributed by atoms with E-state index in [2.05, 4.69) is 26.3 Å². The van der Waals surface area contributed by atoms with Gasteiger partial charge in [-0.05, 0) is 36.4 Å². The van der Waals surface area contributed by atoms with Crippen molar-refractivity contribution in [3.63, 3.8) is 0 Å². The quantitative estimate of drug-likeness (QED) is 0.430. The number of anilines is 3. The number of pyridine rings is 1. The lowest BCUT2D eigenvalue weighted by molar-refractivity contribution is 0.122. The summed E-state index contributed by atoms with van der Waals surface area (Å²) in [5.41, 5.74) is 3.87. The lowest BCUT2D eigenvalue weighted by Crippen LogP contribution is -2.36. The van der Waals surface area contributed by atoms with Crippen molar-refractivity contribution in [3.8, 4) is 17.6 Å². The van der Waals surface area contributed by atoms with Gasteiger partial charge in [-0.15, -0.1) is 0 Å². The molecular weight excluding hydrogens is 444 g/mol. The smallest absolute Gasteiger partial charge is 0.162 e. The second kappa shape index (κ2) is 10.2. The first-order valence-electron chi connectivity index (χ1n) is 11.3. The summed E-state index contributed by atoms with van der Waals surface area (Å²) < 4.78 is 16.9. The molecular formula is C26H24N6O3. The van der Waals surface area contributed by atoms with Gasteiger partial charge in [0.1, 0.15) is 29.6 Å². The maximum atomic E-state index is 9.98. The molecule has 0 radical (unpaired) electrons. The standard InChI is InChI=1S/C26H24N6O3/c1-33-24-14-18(5-8-23(24)35-17-19-4-2-3-9-28-19)30-21-6-7-22-26(20(21)15-27)31-25(16-29-22)32-10-12-34-13-11-32/h2-9,14,16,30H,10-13,17H2,1H3. The minimum absolute atomic E-state index is 0.331. The van der Waals surface area contributed by atoms with Crippen molar-refractivity contribution in [2.45, 2.75) is 6.61 Å². The highest BCUT2D eigenvalue weighted by molar-refractivity contribution is 5.89. The lowest BCUT2D eigenvalue weighted by atomic mass is 10.1. The second-order valence-electron chi connectivity index (χ2n) is 7.90. The number of nitrogens with zero attached hydrogens (tertiary/aromatic N) is 5. The molecule has 0 atom stereocenters. The number of hydrogen-bond acceptors (Lipinski definition) is 9. The molecule has 1 fully saturated rings. The van der Waals surface area contributed by atoms with Crippen molar-refractivity contribution in [2.24, 2.45) is 0 Å². The largest absolute Gasteiger partial charge is 0.493 e. The fraction of sp³-hybridized carbons (Fsp3) is 0.231. The molecule has 3 heterocycles. The van der Waals surface area contributed by atoms with E-state index in [0.717, 1.165) is 30.3 Å². The summed E-state index contributed by atoms with van der Waals surface area (Å²) in [5, 5.41) is 13.3. The number of nitrogens with one attached hydrogen (secondary N) is 1. The maximum Gasteiger partial charge on any atom is 0.162 e. The van der Waals surface area contributed by atoms with E-state index in [4.69, 9.17) is 19.2 Å². The third-order valence-electron chi connectivity index (χ3n) is 5.69. The molecule has 1 aliphatic heterocycles. The summed E-state index contributed by atoms with van der Waals surface area (Å²) in [7, 11) is 1.59. The van der Waals surface area contributed by atoms with Gasteiger partial charge in [-0.25, -0.2) is 4.98 Å². The zero-order valence-corrected chi connectivity index (χ0v) is 19.3. The number of aromatic nitrogens is 3. The molecule has 2 aromatic heterocycles. The van der Waals surface area contributed by atoms with E-state index in [0.29, 0.717) is 53.6 Å². The summed E-state index contributed by atoms with van der Waals surface area (Å²) in [5.74, 6) is 1.91. The van der Waals surface area contributed by atoms with E-state index >= 15 is 0 Å². The molecule has 176 valence electrons. The van der Waals surface area contributed by atoms with Crippen LogP contribution in [0.5, 0.6) is 11.5 Å². The lowest BCUT2D eigenvalue weighted by Gasteiger charge is -2.27. The summed E-state index contributed by atoms with van der Waals surface area (Å²) in [6.07, 6.45) is 3.48. The van der Waals surface area contributed by atoms with Crippen molar-refractivity contribution in [1.29, 1.82) is 5.26 Å². The summed E-state index contributed by atoms with van der Waals surface area (Å²) in [6, 6.07) is 17.2. The molecule has 0 spiro atoms. The Bertz CT molecular complexity index is 1370. The van der Waals surface area contributed by atoms with E-state index in [1.165, 1.54) is 0 Å². The van der Waals surface area contributed by atoms with Crippen LogP contribution < -0.4 is 19.7 Å². The number of benzene rings is 2. The van der Waals surface area contributed by atoms with E-state index in [1.807, 2.05) is 48.5 Å². The maximum absolute atomic E-state index is 9.98. The third-order valence-corrected chi connectivity index (χ3v) is 5.69. The van der Waals surface area contributed by atoms with Crippen LogP contribution in [0, 0.1) is 11.3 Å². The molecule has 35 heavy (non-hydrogen) atoms. The van der Waals surface area contributed by atoms with Crippen LogP contribution in [0.15, 0.2) is 60.9 Å². The number of rotatable bonds is 7. The first-order chi connectivity index (χ1) is 17.2. The van der Waals surface area contributed by atoms with E-state index in [1.54, 1.807) is 19.5 Å². The molecule has 0 aliphatic carbocycles. The Hall–Kier alpha value is -4.42. The molecule has 0 amide bonds. The van der Waals surface area contributed by atoms with Gasteiger partial charge in [0.25, 0.3) is 0 Å². The van der Waals surface area contributed by atoms with Crippen molar-refractivity contribution in [2.75, 3.05) is 43.6 Å². The topological polar surface area (TPSA) is 105 Å². The normalized spacial score (nSPS) is 13.3. The minimum Gasteiger partial charge on any atom is -0.493 e. The molecule has 0 unspecified atom stereocenters. The Morgan fingerprint density at radius 1 is 1.09 bits per heavy atom. The van der Waals surface area contributed by atoms with Gasteiger partial charge in [0.15, 0.2) is 11.5 Å². The van der Waals surface area contributed by atoms with Crippen LogP contribution in [0.1, 0.15) is 11.3 Å². The average Bonchev–Trinajstić information content (AvgIpc) is 2.93. The molecule has 5 rings (SSSR count). The van der Waals surface area contributed by atoms with Crippen LogP contribution in [-0.4, -0.2) is 48.4 Å². The molecule has 0 bridgehead atoms. The molecule has 1 N–H and O–H groups in total. The molecule has 9 nitrogen and oxygen atoms in total. The third kappa shape index (κ3) is 4.93. The summed E-state index contributed by atoms with van der Waals surface area (Å²) in [6.45, 7) is 3.12. The predicted octanol–water partition coefficient (Wildman–Crippen LogP) is 4.06. The molecule has 9 heteroatoms. The van der Waals surface area contributed by atoms with Crippen LogP contribution in [0.25, 0.3) is 11.0 Å². The van der Waals surface area contributed by atoms with Crippen LogP contribution >= 0.6 is 0 Å². The Morgan fingerprint density at radius 3 is 2.74 bits per heavy atom. The summed E-state index contributed by atoms with van der Waals surface area (Å²) in [4.78, 5) is 15.7. The number of fused-ring (bicyclic) bond motifs is 1. The van der Waals surface area contributed by atoms with Crippen molar-refractivity contribution < 1.29 is 14.2 Å². The highest BCUT2D eigenvalue weighted by atomic mass is 16.5. The first kappa shape index (κ1) is 22.4. The molecule has 2 aromatic carbocycles. The monoisotopic (exact) mass is 468 g/mol. The van der Waals surface area contributed by atoms with Crippen LogP contribution in [0.3, 0.4) is 0 Å². The fourth-order valence-corrected chi connectivity index (χ4v) is 3.89. The number of methoxy groups -OCH3 is 1. The zero-order valence-electron chi connectivity index (χ0n) is 19.3. The fourth-order valence-electron chi connectivity index (χ4n) is 3.89. The van der Waals surface area contributed by atoms with Crippen LogP contribution in [0.2, 0.25) is 0 Å². The van der Waals surface area contributed by atoms with E-state index in [9.17, 15) is 5.26 Å². The highest BCUT2D eigenvalue weighted by Gasteiger charge is 2.17. The Labute approximate surface area is 202 Å². The van der Waals surface area contributed by atoms with Gasteiger partial charge in [0.2, 0.25) is 0 Å². The van der Waals surface area contributed by atoms with Crippen LogP contribution in [-0.2, 0) is 11.3 Å². The average molecular weight is 469 g/mol. The van der Waals surface area contributed by atoms with Gasteiger partial charge >= 0.3 is 0 Å². The number of hydrogen-bond donors (Lipinski definition) is 1. The van der Waals surface area contributed by atoms with Crippen molar-refractivity contribution >= 4 is 28.2 Å². The number of nitriles is 1.